The van der Waals surface area contributed by atoms with E-state index in [0.717, 1.165) is 22.5 Å². The Morgan fingerprint density at radius 1 is 1.05 bits per heavy atom. The first-order valence-electron chi connectivity index (χ1n) is 6.46. The number of hydrogen-bond acceptors (Lipinski definition) is 2. The van der Waals surface area contributed by atoms with Crippen LogP contribution >= 0.6 is 22.6 Å². The Morgan fingerprint density at radius 3 is 2.50 bits per heavy atom. The average Bonchev–Trinajstić information content (AvgIpc) is 2.84. The summed E-state index contributed by atoms with van der Waals surface area (Å²) in [4.78, 5) is 15.9. The maximum absolute atomic E-state index is 11.2. The van der Waals surface area contributed by atoms with Crippen molar-refractivity contribution in [3.05, 3.63) is 60.4 Å². The molecule has 3 aromatic rings. The van der Waals surface area contributed by atoms with Crippen LogP contribution < -0.4 is 0 Å². The molecule has 4 heteroatoms. The van der Waals surface area contributed by atoms with Crippen LogP contribution in [0.2, 0.25) is 0 Å². The first-order valence-corrected chi connectivity index (χ1v) is 7.54. The lowest BCUT2D eigenvalue weighted by Gasteiger charge is -2.08. The molecule has 0 spiro atoms. The molecule has 0 aliphatic heterocycles. The van der Waals surface area contributed by atoms with Gasteiger partial charge in [0.15, 0.2) is 3.79 Å². The zero-order chi connectivity index (χ0) is 13.9. The summed E-state index contributed by atoms with van der Waals surface area (Å²) in [6.45, 7) is 0. The lowest BCUT2D eigenvalue weighted by atomic mass is 10.2. The van der Waals surface area contributed by atoms with Crippen LogP contribution in [0.15, 0.2) is 54.6 Å². The summed E-state index contributed by atoms with van der Waals surface area (Å²) < 4.78 is 2.30. The van der Waals surface area contributed by atoms with Crippen LogP contribution in [0.3, 0.4) is 0 Å². The molecule has 0 atom stereocenters. The molecule has 1 heterocycles. The number of benzene rings is 2. The van der Waals surface area contributed by atoms with Gasteiger partial charge in [-0.1, -0.05) is 30.3 Å². The summed E-state index contributed by atoms with van der Waals surface area (Å²) in [5.41, 5.74) is 3.12. The monoisotopic (exact) mass is 376 g/mol. The van der Waals surface area contributed by atoms with E-state index >= 15 is 0 Å². The maximum atomic E-state index is 11.2. The van der Waals surface area contributed by atoms with Crippen molar-refractivity contribution in [2.24, 2.45) is 0 Å². The third-order valence-corrected chi connectivity index (χ3v) is 3.73. The highest BCUT2D eigenvalue weighted by Gasteiger charge is 2.12. The van der Waals surface area contributed by atoms with E-state index in [4.69, 9.17) is 0 Å². The average molecular weight is 376 g/mol. The first-order chi connectivity index (χ1) is 9.75. The van der Waals surface area contributed by atoms with Gasteiger partial charge in [0, 0.05) is 18.5 Å². The molecule has 0 fully saturated rings. The van der Waals surface area contributed by atoms with E-state index in [2.05, 4.69) is 27.8 Å². The van der Waals surface area contributed by atoms with Crippen molar-refractivity contribution in [1.82, 2.24) is 9.55 Å². The van der Waals surface area contributed by atoms with Crippen LogP contribution in [-0.4, -0.2) is 13.3 Å². The van der Waals surface area contributed by atoms with E-state index in [-0.39, 0.29) is 3.79 Å². The maximum Gasteiger partial charge on any atom is 0.192 e. The number of hydrogen-bond donors (Lipinski definition) is 0. The molecule has 0 radical (unpaired) electrons. The van der Waals surface area contributed by atoms with Crippen molar-refractivity contribution < 1.29 is 4.79 Å². The molecular formula is C16H13IN2O. The van der Waals surface area contributed by atoms with Gasteiger partial charge in [-0.15, -0.1) is 0 Å². The number of rotatable bonds is 4. The molecule has 0 bridgehead atoms. The molecule has 0 saturated heterocycles. The number of nitrogens with zero attached hydrogens (tertiary/aromatic N) is 2. The number of imidazole rings is 1. The van der Waals surface area contributed by atoms with Crippen LogP contribution in [0.25, 0.3) is 16.7 Å². The summed E-state index contributed by atoms with van der Waals surface area (Å²) in [6.07, 6.45) is 1.17. The van der Waals surface area contributed by atoms with Crippen LogP contribution in [0.4, 0.5) is 0 Å². The zero-order valence-corrected chi connectivity index (χ0v) is 12.9. The van der Waals surface area contributed by atoms with Crippen LogP contribution in [0.5, 0.6) is 0 Å². The molecule has 0 amide bonds. The second kappa shape index (κ2) is 5.75. The van der Waals surface area contributed by atoms with Gasteiger partial charge in [0.25, 0.3) is 0 Å². The van der Waals surface area contributed by atoms with E-state index in [0.29, 0.717) is 12.8 Å². The van der Waals surface area contributed by atoms with Gasteiger partial charge < -0.3 is 0 Å². The minimum absolute atomic E-state index is 0.161. The van der Waals surface area contributed by atoms with Crippen molar-refractivity contribution in [3.63, 3.8) is 0 Å². The van der Waals surface area contributed by atoms with E-state index in [1.807, 2.05) is 59.0 Å². The standard InChI is InChI=1S/C16H13IN2O/c17-15(20)10-11-16-18-13-8-4-5-9-14(13)19(16)12-6-2-1-3-7-12/h1-9H,10-11H2. The molecular weight excluding hydrogens is 363 g/mol. The van der Waals surface area contributed by atoms with E-state index in [1.54, 1.807) is 0 Å². The fraction of sp³-hybridized carbons (Fsp3) is 0.125. The summed E-state index contributed by atoms with van der Waals surface area (Å²) in [5, 5.41) is 0. The summed E-state index contributed by atoms with van der Waals surface area (Å²) in [5.74, 6) is 0.933. The number of aromatic nitrogens is 2. The Bertz CT molecular complexity index is 750. The SMILES string of the molecule is O=C(I)CCc1nc2ccccc2n1-c1ccccc1. The normalized spacial score (nSPS) is 10.8. The number of halogens is 1. The molecule has 1 aromatic heterocycles. The molecule has 0 saturated carbocycles. The van der Waals surface area contributed by atoms with Crippen molar-refractivity contribution >= 4 is 37.4 Å². The largest absolute Gasteiger partial charge is 0.296 e. The minimum Gasteiger partial charge on any atom is -0.296 e. The predicted octanol–water partition coefficient (Wildman–Crippen LogP) is 3.92. The highest BCUT2D eigenvalue weighted by atomic mass is 127. The van der Waals surface area contributed by atoms with Crippen LogP contribution in [0, 0.1) is 0 Å². The van der Waals surface area contributed by atoms with E-state index in [1.165, 1.54) is 0 Å². The van der Waals surface area contributed by atoms with Gasteiger partial charge in [0.1, 0.15) is 5.82 Å². The summed E-state index contributed by atoms with van der Waals surface area (Å²) >= 11 is 1.84. The lowest BCUT2D eigenvalue weighted by Crippen LogP contribution is -2.02. The van der Waals surface area contributed by atoms with Gasteiger partial charge in [0.2, 0.25) is 0 Å². The molecule has 0 N–H and O–H groups in total. The zero-order valence-electron chi connectivity index (χ0n) is 10.8. The van der Waals surface area contributed by atoms with Crippen LogP contribution in [0.1, 0.15) is 12.2 Å². The van der Waals surface area contributed by atoms with Crippen molar-refractivity contribution in [2.45, 2.75) is 12.8 Å². The number of para-hydroxylation sites is 3. The second-order valence-corrected chi connectivity index (χ2v) is 5.75. The van der Waals surface area contributed by atoms with Crippen LogP contribution in [-0.2, 0) is 11.2 Å². The fourth-order valence-electron chi connectivity index (χ4n) is 2.32. The first kappa shape index (κ1) is 13.3. The Kier molecular flexibility index (Phi) is 3.82. The quantitative estimate of drug-likeness (QED) is 0.511. The topological polar surface area (TPSA) is 34.9 Å². The Morgan fingerprint density at radius 2 is 1.75 bits per heavy atom. The summed E-state index contributed by atoms with van der Waals surface area (Å²) in [6, 6.07) is 18.2. The molecule has 3 nitrogen and oxygen atoms in total. The molecule has 0 aliphatic carbocycles. The highest BCUT2D eigenvalue weighted by Crippen LogP contribution is 2.22. The van der Waals surface area contributed by atoms with Gasteiger partial charge in [0.05, 0.1) is 11.0 Å². The smallest absolute Gasteiger partial charge is 0.192 e. The predicted molar refractivity (Wildman–Crippen MR) is 88.4 cm³/mol. The molecule has 2 aromatic carbocycles. The number of aryl methyl sites for hydroxylation is 1. The third-order valence-electron chi connectivity index (χ3n) is 3.19. The molecule has 0 aliphatic rings. The van der Waals surface area contributed by atoms with E-state index in [9.17, 15) is 4.79 Å². The van der Waals surface area contributed by atoms with E-state index < -0.39 is 0 Å². The Balaban J connectivity index is 2.16. The molecule has 100 valence electrons. The number of carbonyl (C=O) groups excluding carboxylic acids is 1. The number of fused-ring (bicyclic) bond motifs is 1. The van der Waals surface area contributed by atoms with Crippen molar-refractivity contribution in [3.8, 4) is 5.69 Å². The van der Waals surface area contributed by atoms with Gasteiger partial charge >= 0.3 is 0 Å². The molecule has 20 heavy (non-hydrogen) atoms. The Labute approximate surface area is 130 Å². The highest BCUT2D eigenvalue weighted by molar-refractivity contribution is 14.1. The summed E-state index contributed by atoms with van der Waals surface area (Å²) in [7, 11) is 0. The van der Waals surface area contributed by atoms with Gasteiger partial charge in [-0.2, -0.15) is 0 Å². The fourth-order valence-corrected chi connectivity index (χ4v) is 2.59. The lowest BCUT2D eigenvalue weighted by molar-refractivity contribution is -0.109. The van der Waals surface area contributed by atoms with Gasteiger partial charge in [-0.05, 0) is 46.9 Å². The van der Waals surface area contributed by atoms with Crippen molar-refractivity contribution in [1.29, 1.82) is 0 Å². The number of carbonyl (C=O) groups is 1. The molecule has 0 unspecified atom stereocenters. The van der Waals surface area contributed by atoms with Gasteiger partial charge in [-0.3, -0.25) is 9.36 Å². The third kappa shape index (κ3) is 2.60. The molecule has 3 rings (SSSR count). The second-order valence-electron chi connectivity index (χ2n) is 4.54. The van der Waals surface area contributed by atoms with Gasteiger partial charge in [-0.25, -0.2) is 4.98 Å². The van der Waals surface area contributed by atoms with Crippen molar-refractivity contribution in [2.75, 3.05) is 0 Å². The minimum atomic E-state index is 0.161. The Hall–Kier alpha value is -1.69.